The maximum Gasteiger partial charge on any atom is 0.339 e. The molecule has 1 aromatic carbocycles. The summed E-state index contributed by atoms with van der Waals surface area (Å²) in [5, 5.41) is 12.6. The van der Waals surface area contributed by atoms with E-state index in [0.717, 1.165) is 35.4 Å². The van der Waals surface area contributed by atoms with Gasteiger partial charge in [0.1, 0.15) is 22.7 Å². The number of aromatic carboxylic acids is 1. The van der Waals surface area contributed by atoms with E-state index in [4.69, 9.17) is 0 Å². The van der Waals surface area contributed by atoms with Crippen LogP contribution in [0.25, 0.3) is 11.2 Å². The SMILES string of the molecule is Cc1ccccc1C(=O)Nc1cnc(N2CCC(n3c(C)nc4cccnc43)CC2)c(C(=O)O)c1. The number of carbonyl (C=O) groups excluding carboxylic acids is 1. The number of carboxylic acids is 1. The van der Waals surface area contributed by atoms with Gasteiger partial charge in [-0.15, -0.1) is 0 Å². The fraction of sp³-hybridized carbons (Fsp3) is 0.269. The summed E-state index contributed by atoms with van der Waals surface area (Å²) in [7, 11) is 0. The molecular formula is C26H26N6O3. The second-order valence-corrected chi connectivity index (χ2v) is 8.76. The normalized spacial score (nSPS) is 14.3. The van der Waals surface area contributed by atoms with Crippen molar-refractivity contribution in [2.75, 3.05) is 23.3 Å². The van der Waals surface area contributed by atoms with Gasteiger partial charge in [0, 0.05) is 30.9 Å². The third-order valence-corrected chi connectivity index (χ3v) is 6.50. The Balaban J connectivity index is 1.34. The molecule has 0 saturated carbocycles. The van der Waals surface area contributed by atoms with Crippen molar-refractivity contribution in [2.45, 2.75) is 32.7 Å². The smallest absolute Gasteiger partial charge is 0.339 e. The molecular weight excluding hydrogens is 444 g/mol. The molecule has 4 heterocycles. The van der Waals surface area contributed by atoms with Gasteiger partial charge < -0.3 is 19.9 Å². The topological polar surface area (TPSA) is 113 Å². The van der Waals surface area contributed by atoms with Gasteiger partial charge in [0.25, 0.3) is 5.91 Å². The quantitative estimate of drug-likeness (QED) is 0.449. The molecule has 9 heteroatoms. The van der Waals surface area contributed by atoms with Crippen LogP contribution in [0.2, 0.25) is 0 Å². The highest BCUT2D eigenvalue weighted by Crippen LogP contribution is 2.31. The molecule has 5 rings (SSSR count). The summed E-state index contributed by atoms with van der Waals surface area (Å²) >= 11 is 0. The number of carboxylic acid groups (broad SMARTS) is 1. The molecule has 178 valence electrons. The van der Waals surface area contributed by atoms with Gasteiger partial charge in [0.15, 0.2) is 5.65 Å². The van der Waals surface area contributed by atoms with E-state index in [1.54, 1.807) is 18.3 Å². The number of pyridine rings is 2. The zero-order valence-corrected chi connectivity index (χ0v) is 19.6. The van der Waals surface area contributed by atoms with Crippen molar-refractivity contribution in [1.29, 1.82) is 0 Å². The fourth-order valence-electron chi connectivity index (χ4n) is 4.78. The van der Waals surface area contributed by atoms with Crippen LogP contribution in [-0.2, 0) is 0 Å². The molecule has 1 saturated heterocycles. The van der Waals surface area contributed by atoms with Gasteiger partial charge in [-0.05, 0) is 56.5 Å². The highest BCUT2D eigenvalue weighted by atomic mass is 16.4. The lowest BCUT2D eigenvalue weighted by Gasteiger charge is -2.34. The summed E-state index contributed by atoms with van der Waals surface area (Å²) in [4.78, 5) is 40.3. The molecule has 9 nitrogen and oxygen atoms in total. The number of imidazole rings is 1. The van der Waals surface area contributed by atoms with Gasteiger partial charge >= 0.3 is 5.97 Å². The maximum atomic E-state index is 12.7. The maximum absolute atomic E-state index is 12.7. The number of amides is 1. The molecule has 1 amide bonds. The predicted octanol–water partition coefficient (Wildman–Crippen LogP) is 4.24. The van der Waals surface area contributed by atoms with Crippen molar-refractivity contribution >= 4 is 34.5 Å². The highest BCUT2D eigenvalue weighted by Gasteiger charge is 2.27. The molecule has 2 N–H and O–H groups in total. The minimum atomic E-state index is -1.08. The molecule has 35 heavy (non-hydrogen) atoms. The van der Waals surface area contributed by atoms with Crippen molar-refractivity contribution < 1.29 is 14.7 Å². The van der Waals surface area contributed by atoms with E-state index in [1.165, 1.54) is 12.3 Å². The summed E-state index contributed by atoms with van der Waals surface area (Å²) in [5.74, 6) is -0.0426. The van der Waals surface area contributed by atoms with Crippen LogP contribution in [0.15, 0.2) is 54.9 Å². The number of benzene rings is 1. The average molecular weight is 471 g/mol. The summed E-state index contributed by atoms with van der Waals surface area (Å²) in [6.07, 6.45) is 4.92. The Hall–Kier alpha value is -4.27. The zero-order chi connectivity index (χ0) is 24.5. The van der Waals surface area contributed by atoms with Crippen LogP contribution in [-0.4, -0.2) is 49.6 Å². The first-order valence-corrected chi connectivity index (χ1v) is 11.6. The highest BCUT2D eigenvalue weighted by molar-refractivity contribution is 6.06. The molecule has 3 aromatic heterocycles. The Bertz CT molecular complexity index is 1420. The fourth-order valence-corrected chi connectivity index (χ4v) is 4.78. The number of anilines is 2. The first kappa shape index (κ1) is 22.5. The van der Waals surface area contributed by atoms with Crippen LogP contribution in [0.1, 0.15) is 51.0 Å². The molecule has 0 radical (unpaired) electrons. The summed E-state index contributed by atoms with van der Waals surface area (Å²) in [6.45, 7) is 5.15. The molecule has 1 fully saturated rings. The van der Waals surface area contributed by atoms with Crippen molar-refractivity contribution in [3.63, 3.8) is 0 Å². The molecule has 0 atom stereocenters. The Morgan fingerprint density at radius 3 is 2.54 bits per heavy atom. The number of nitrogens with zero attached hydrogens (tertiary/aromatic N) is 5. The van der Waals surface area contributed by atoms with Crippen LogP contribution in [0.4, 0.5) is 11.5 Å². The Kier molecular flexibility index (Phi) is 5.90. The van der Waals surface area contributed by atoms with Crippen LogP contribution in [0.3, 0.4) is 0 Å². The lowest BCUT2D eigenvalue weighted by atomic mass is 10.0. The monoisotopic (exact) mass is 470 g/mol. The molecule has 0 unspecified atom stereocenters. The molecule has 1 aliphatic rings. The van der Waals surface area contributed by atoms with Gasteiger partial charge in [0.05, 0.1) is 11.9 Å². The Morgan fingerprint density at radius 2 is 1.80 bits per heavy atom. The lowest BCUT2D eigenvalue weighted by molar-refractivity contribution is 0.0696. The minimum absolute atomic E-state index is 0.0666. The standard InChI is InChI=1S/C26H26N6O3/c1-16-6-3-4-7-20(16)25(33)30-18-14-21(26(34)35)23(28-15-18)31-12-9-19(10-13-31)32-17(2)29-22-8-5-11-27-24(22)32/h3-8,11,14-15,19H,9-10,12-13H2,1-2H3,(H,30,33)(H,34,35). The number of piperidine rings is 1. The van der Waals surface area contributed by atoms with Crippen LogP contribution in [0, 0.1) is 13.8 Å². The van der Waals surface area contributed by atoms with Crippen molar-refractivity contribution in [2.24, 2.45) is 0 Å². The third-order valence-electron chi connectivity index (χ3n) is 6.50. The van der Waals surface area contributed by atoms with Gasteiger partial charge in [-0.2, -0.15) is 0 Å². The number of fused-ring (bicyclic) bond motifs is 1. The van der Waals surface area contributed by atoms with Gasteiger partial charge in [-0.1, -0.05) is 18.2 Å². The lowest BCUT2D eigenvalue weighted by Crippen LogP contribution is -2.36. The van der Waals surface area contributed by atoms with Gasteiger partial charge in [-0.25, -0.2) is 19.7 Å². The molecule has 0 aliphatic carbocycles. The molecule has 1 aliphatic heterocycles. The van der Waals surface area contributed by atoms with E-state index in [2.05, 4.69) is 24.8 Å². The Labute approximate surface area is 202 Å². The number of carbonyl (C=O) groups is 2. The zero-order valence-electron chi connectivity index (χ0n) is 19.6. The third kappa shape index (κ3) is 4.32. The van der Waals surface area contributed by atoms with Crippen LogP contribution < -0.4 is 10.2 Å². The average Bonchev–Trinajstić information content (AvgIpc) is 3.20. The number of hydrogen-bond acceptors (Lipinski definition) is 6. The molecule has 4 aromatic rings. The summed E-state index contributed by atoms with van der Waals surface area (Å²) in [6, 6.07) is 12.8. The molecule has 0 bridgehead atoms. The number of aromatic nitrogens is 4. The van der Waals surface area contributed by atoms with E-state index >= 15 is 0 Å². The second-order valence-electron chi connectivity index (χ2n) is 8.76. The van der Waals surface area contributed by atoms with Crippen molar-refractivity contribution in [3.05, 3.63) is 77.4 Å². The molecule has 0 spiro atoms. The predicted molar refractivity (Wildman–Crippen MR) is 133 cm³/mol. The Morgan fingerprint density at radius 1 is 1.03 bits per heavy atom. The van der Waals surface area contributed by atoms with E-state index in [0.29, 0.717) is 30.2 Å². The van der Waals surface area contributed by atoms with E-state index in [-0.39, 0.29) is 17.5 Å². The van der Waals surface area contributed by atoms with E-state index < -0.39 is 5.97 Å². The summed E-state index contributed by atoms with van der Waals surface area (Å²) < 4.78 is 2.18. The number of rotatable bonds is 5. The summed E-state index contributed by atoms with van der Waals surface area (Å²) in [5.41, 5.74) is 3.55. The first-order chi connectivity index (χ1) is 16.9. The van der Waals surface area contributed by atoms with Crippen LogP contribution in [0.5, 0.6) is 0 Å². The first-order valence-electron chi connectivity index (χ1n) is 11.6. The van der Waals surface area contributed by atoms with Gasteiger partial charge in [0.2, 0.25) is 0 Å². The van der Waals surface area contributed by atoms with E-state index in [1.807, 2.05) is 43.0 Å². The number of hydrogen-bond donors (Lipinski definition) is 2. The number of aryl methyl sites for hydroxylation is 2. The second kappa shape index (κ2) is 9.17. The largest absolute Gasteiger partial charge is 0.478 e. The van der Waals surface area contributed by atoms with E-state index in [9.17, 15) is 14.7 Å². The van der Waals surface area contributed by atoms with Crippen LogP contribution >= 0.6 is 0 Å². The van der Waals surface area contributed by atoms with Crippen molar-refractivity contribution in [3.8, 4) is 0 Å². The van der Waals surface area contributed by atoms with Crippen molar-refractivity contribution in [1.82, 2.24) is 19.5 Å². The minimum Gasteiger partial charge on any atom is -0.478 e. The van der Waals surface area contributed by atoms with Gasteiger partial charge in [-0.3, -0.25) is 4.79 Å². The number of nitrogens with one attached hydrogen (secondary N) is 1.